The number of hydrogen-bond donors (Lipinski definition) is 2. The summed E-state index contributed by atoms with van der Waals surface area (Å²) in [4.78, 5) is 23.4. The van der Waals surface area contributed by atoms with Gasteiger partial charge in [0.25, 0.3) is 0 Å². The number of benzene rings is 3. The summed E-state index contributed by atoms with van der Waals surface area (Å²) in [6.07, 6.45) is 3.50. The van der Waals surface area contributed by atoms with Gasteiger partial charge >= 0.3 is 12.1 Å². The van der Waals surface area contributed by atoms with Crippen molar-refractivity contribution in [3.63, 3.8) is 0 Å². The molecule has 0 saturated carbocycles. The number of aryl methyl sites for hydroxylation is 1. The molecule has 0 aliphatic rings. The fourth-order valence-corrected chi connectivity index (χ4v) is 6.31. The highest BCUT2D eigenvalue weighted by Crippen LogP contribution is 2.33. The zero-order valence-corrected chi connectivity index (χ0v) is 33.2. The zero-order valence-electron chi connectivity index (χ0n) is 33.2. The highest BCUT2D eigenvalue weighted by molar-refractivity contribution is 5.67. The first-order valence-corrected chi connectivity index (χ1v) is 18.5. The molecule has 5 aromatic rings. The summed E-state index contributed by atoms with van der Waals surface area (Å²) in [7, 11) is 7.81. The van der Waals surface area contributed by atoms with Crippen LogP contribution in [0.3, 0.4) is 0 Å². The molecule has 0 spiro atoms. The molecule has 0 fully saturated rings. The Bertz CT molecular complexity index is 1990. The summed E-state index contributed by atoms with van der Waals surface area (Å²) >= 11 is 0. The van der Waals surface area contributed by atoms with Gasteiger partial charge in [-0.3, -0.25) is 0 Å². The van der Waals surface area contributed by atoms with Gasteiger partial charge in [0.15, 0.2) is 11.5 Å². The summed E-state index contributed by atoms with van der Waals surface area (Å²) in [5, 5.41) is 17.3. The second kappa shape index (κ2) is 20.1. The molecule has 0 bridgehead atoms. The van der Waals surface area contributed by atoms with E-state index in [4.69, 9.17) is 43.5 Å². The molecule has 1 unspecified atom stereocenters. The SMILES string of the molecule is CCCC(CCO)Oc1nc(N(Cc2ccc(OC)cc2OC)Cc2ccc(OC)cc2OC)c2ncc(Cc3ccc(OCCNC(=O)OC)c(C)c3)n2n1. The molecule has 0 saturated heterocycles. The summed E-state index contributed by atoms with van der Waals surface area (Å²) in [6, 6.07) is 17.5. The lowest BCUT2D eigenvalue weighted by atomic mass is 10.1. The number of methoxy groups -OCH3 is 5. The van der Waals surface area contributed by atoms with Gasteiger partial charge in [0.2, 0.25) is 0 Å². The minimum atomic E-state index is -0.507. The summed E-state index contributed by atoms with van der Waals surface area (Å²) in [5.74, 6) is 3.87. The van der Waals surface area contributed by atoms with E-state index in [9.17, 15) is 9.90 Å². The molecule has 2 N–H and O–H groups in total. The number of rotatable bonds is 21. The number of aliphatic hydroxyl groups is 1. The number of imidazole rings is 1. The van der Waals surface area contributed by atoms with Crippen LogP contribution < -0.4 is 38.6 Å². The maximum Gasteiger partial charge on any atom is 0.406 e. The number of amides is 1. The van der Waals surface area contributed by atoms with Crippen molar-refractivity contribution in [3.05, 3.63) is 88.7 Å². The second-order valence-corrected chi connectivity index (χ2v) is 13.0. The zero-order chi connectivity index (χ0) is 40.0. The van der Waals surface area contributed by atoms with Gasteiger partial charge in [0.05, 0.1) is 54.0 Å². The van der Waals surface area contributed by atoms with E-state index in [1.54, 1.807) is 39.2 Å². The van der Waals surface area contributed by atoms with E-state index in [0.717, 1.165) is 40.8 Å². The Morgan fingerprint density at radius 3 is 2.12 bits per heavy atom. The normalized spacial score (nSPS) is 11.5. The van der Waals surface area contributed by atoms with Crippen LogP contribution in [0.25, 0.3) is 5.65 Å². The minimum Gasteiger partial charge on any atom is -0.497 e. The van der Waals surface area contributed by atoms with Crippen LogP contribution in [-0.2, 0) is 24.2 Å². The number of carbonyl (C=O) groups excluding carboxylic acids is 1. The van der Waals surface area contributed by atoms with Crippen molar-refractivity contribution in [3.8, 4) is 34.8 Å². The average Bonchev–Trinajstić information content (AvgIpc) is 3.61. The standard InChI is InChI=1S/C41H52N6O9/c1-8-9-32(16-18-48)56-40-44-39(38-43-24-31(47(38)45-40)21-28-10-15-35(27(2)20-28)55-19-17-42-41(49)54-7)46(25-29-11-13-33(50-3)22-36(29)52-5)26-30-12-14-34(51-4)23-37(30)53-6/h10-15,20,22-24,32,48H,8-9,16-19,21,25-26H2,1-7H3,(H,42,49). The number of anilines is 1. The minimum absolute atomic E-state index is 0.0302. The molecule has 56 heavy (non-hydrogen) atoms. The third-order valence-corrected chi connectivity index (χ3v) is 9.18. The maximum absolute atomic E-state index is 11.4. The molecule has 3 aromatic carbocycles. The lowest BCUT2D eigenvalue weighted by Gasteiger charge is -2.27. The third-order valence-electron chi connectivity index (χ3n) is 9.18. The van der Waals surface area contributed by atoms with Crippen molar-refractivity contribution in [2.75, 3.05) is 60.2 Å². The summed E-state index contributed by atoms with van der Waals surface area (Å²) in [6.45, 7) is 5.34. The van der Waals surface area contributed by atoms with E-state index >= 15 is 0 Å². The van der Waals surface area contributed by atoms with E-state index in [1.165, 1.54) is 7.11 Å². The van der Waals surface area contributed by atoms with Crippen molar-refractivity contribution in [2.45, 2.75) is 58.7 Å². The number of nitrogens with one attached hydrogen (secondary N) is 1. The Kier molecular flexibility index (Phi) is 14.8. The molecular formula is C41H52N6O9. The molecule has 300 valence electrons. The first kappa shape index (κ1) is 41.2. The Balaban J connectivity index is 1.58. The Hall–Kier alpha value is -5.96. The van der Waals surface area contributed by atoms with E-state index in [0.29, 0.717) is 79.3 Å². The average molecular weight is 773 g/mol. The van der Waals surface area contributed by atoms with Gasteiger partial charge in [-0.05, 0) is 54.8 Å². The molecule has 15 nitrogen and oxygen atoms in total. The predicted molar refractivity (Wildman–Crippen MR) is 211 cm³/mol. The van der Waals surface area contributed by atoms with Gasteiger partial charge < -0.3 is 48.5 Å². The van der Waals surface area contributed by atoms with Crippen molar-refractivity contribution in [1.82, 2.24) is 24.9 Å². The number of hydrogen-bond acceptors (Lipinski definition) is 13. The molecule has 1 atom stereocenters. The maximum atomic E-state index is 11.4. The highest BCUT2D eigenvalue weighted by Gasteiger charge is 2.24. The lowest BCUT2D eigenvalue weighted by Crippen LogP contribution is -2.27. The largest absolute Gasteiger partial charge is 0.497 e. The quantitative estimate of drug-likeness (QED) is 0.0846. The Morgan fingerprint density at radius 2 is 1.55 bits per heavy atom. The van der Waals surface area contributed by atoms with Crippen molar-refractivity contribution in [2.24, 2.45) is 0 Å². The van der Waals surface area contributed by atoms with Crippen molar-refractivity contribution >= 4 is 17.6 Å². The molecule has 0 radical (unpaired) electrons. The lowest BCUT2D eigenvalue weighted by molar-refractivity contribution is 0.133. The monoisotopic (exact) mass is 772 g/mol. The van der Waals surface area contributed by atoms with Crippen LogP contribution in [0, 0.1) is 6.92 Å². The van der Waals surface area contributed by atoms with Gasteiger partial charge in [-0.15, -0.1) is 5.10 Å². The topological polar surface area (TPSA) is 160 Å². The van der Waals surface area contributed by atoms with Crippen LogP contribution >= 0.6 is 0 Å². The molecule has 15 heteroatoms. The summed E-state index contributed by atoms with van der Waals surface area (Å²) < 4.78 is 41.3. The van der Waals surface area contributed by atoms with E-state index < -0.39 is 6.09 Å². The predicted octanol–water partition coefficient (Wildman–Crippen LogP) is 5.93. The molecule has 5 rings (SSSR count). The fourth-order valence-electron chi connectivity index (χ4n) is 6.31. The smallest absolute Gasteiger partial charge is 0.406 e. The van der Waals surface area contributed by atoms with E-state index in [-0.39, 0.29) is 18.7 Å². The molecule has 2 aromatic heterocycles. The first-order valence-electron chi connectivity index (χ1n) is 18.5. The first-order chi connectivity index (χ1) is 27.2. The number of carbonyl (C=O) groups is 1. The van der Waals surface area contributed by atoms with Crippen LogP contribution in [-0.4, -0.2) is 92.2 Å². The number of aromatic nitrogens is 4. The number of fused-ring (bicyclic) bond motifs is 1. The van der Waals surface area contributed by atoms with E-state index in [2.05, 4.69) is 27.9 Å². The van der Waals surface area contributed by atoms with Gasteiger partial charge in [0, 0.05) is 55.8 Å². The van der Waals surface area contributed by atoms with Crippen LogP contribution in [0.15, 0.2) is 60.8 Å². The van der Waals surface area contributed by atoms with Crippen LogP contribution in [0.1, 0.15) is 54.1 Å². The van der Waals surface area contributed by atoms with Crippen LogP contribution in [0.4, 0.5) is 10.6 Å². The molecule has 0 aliphatic carbocycles. The Labute approximate surface area is 327 Å². The van der Waals surface area contributed by atoms with Crippen molar-refractivity contribution < 1.29 is 43.1 Å². The second-order valence-electron chi connectivity index (χ2n) is 13.0. The van der Waals surface area contributed by atoms with Gasteiger partial charge in [-0.25, -0.2) is 14.3 Å². The fraction of sp³-hybridized carbons (Fsp3) is 0.415. The number of ether oxygens (including phenoxy) is 7. The molecular weight excluding hydrogens is 720 g/mol. The van der Waals surface area contributed by atoms with E-state index in [1.807, 2.05) is 55.5 Å². The summed E-state index contributed by atoms with van der Waals surface area (Å²) in [5.41, 5.74) is 5.05. The van der Waals surface area contributed by atoms with Crippen molar-refractivity contribution in [1.29, 1.82) is 0 Å². The molecule has 0 aliphatic heterocycles. The highest BCUT2D eigenvalue weighted by atomic mass is 16.5. The molecule has 1 amide bonds. The van der Waals surface area contributed by atoms with Crippen LogP contribution in [0.2, 0.25) is 0 Å². The van der Waals surface area contributed by atoms with Gasteiger partial charge in [0.1, 0.15) is 41.5 Å². The molecule has 2 heterocycles. The van der Waals surface area contributed by atoms with Gasteiger partial charge in [-0.1, -0.05) is 25.5 Å². The van der Waals surface area contributed by atoms with Gasteiger partial charge in [-0.2, -0.15) is 4.98 Å². The Morgan fingerprint density at radius 1 is 0.875 bits per heavy atom. The number of alkyl carbamates (subject to hydrolysis) is 1. The van der Waals surface area contributed by atoms with Crippen LogP contribution in [0.5, 0.6) is 34.8 Å². The number of aliphatic hydroxyl groups excluding tert-OH is 1. The third kappa shape index (κ3) is 10.4. The number of nitrogens with zero attached hydrogens (tertiary/aromatic N) is 5.